The molecular weight excluding hydrogens is 460 g/mol. The van der Waals surface area contributed by atoms with Crippen LogP contribution in [0.1, 0.15) is 12.8 Å². The van der Waals surface area contributed by atoms with Gasteiger partial charge in [0.05, 0.1) is 11.5 Å². The van der Waals surface area contributed by atoms with Gasteiger partial charge in [-0.15, -0.1) is 0 Å². The lowest BCUT2D eigenvalue weighted by Crippen LogP contribution is -2.45. The van der Waals surface area contributed by atoms with Crippen LogP contribution in [0.5, 0.6) is 0 Å². The molecule has 1 heterocycles. The van der Waals surface area contributed by atoms with Crippen molar-refractivity contribution < 1.29 is 18.4 Å². The maximum absolute atomic E-state index is 13.5. The average molecular weight is 484 g/mol. The number of anilines is 2. The third-order valence-electron chi connectivity index (χ3n) is 5.71. The fourth-order valence-electron chi connectivity index (χ4n) is 4.11. The summed E-state index contributed by atoms with van der Waals surface area (Å²) in [4.78, 5) is 24.9. The first-order valence-corrected chi connectivity index (χ1v) is 11.1. The topological polar surface area (TPSA) is 108 Å². The van der Waals surface area contributed by atoms with E-state index in [-0.39, 0.29) is 16.7 Å². The smallest absolute Gasteiger partial charge is 0.254 e. The van der Waals surface area contributed by atoms with E-state index in [0.717, 1.165) is 0 Å². The lowest BCUT2D eigenvalue weighted by molar-refractivity contribution is -0.125. The summed E-state index contributed by atoms with van der Waals surface area (Å²) >= 11 is 4.88. The number of nitrogens with two attached hydrogens (primary N) is 1. The number of rotatable bonds is 8. The number of fused-ring (bicyclic) bond motifs is 1. The molecule has 1 saturated heterocycles. The van der Waals surface area contributed by atoms with Gasteiger partial charge in [0.25, 0.3) is 5.91 Å². The quantitative estimate of drug-likeness (QED) is 0.223. The Kier molecular flexibility index (Phi) is 6.60. The highest BCUT2D eigenvalue weighted by Crippen LogP contribution is 2.39. The normalized spacial score (nSPS) is 21.2. The fourth-order valence-corrected chi connectivity index (χ4v) is 4.21. The van der Waals surface area contributed by atoms with Crippen LogP contribution in [0.4, 0.5) is 20.2 Å². The third kappa shape index (κ3) is 5.07. The molecule has 2 unspecified atom stereocenters. The van der Waals surface area contributed by atoms with Gasteiger partial charge < -0.3 is 21.7 Å². The summed E-state index contributed by atoms with van der Waals surface area (Å²) in [6.45, 7) is 0.476. The van der Waals surface area contributed by atoms with Crippen molar-refractivity contribution in [1.29, 1.82) is 0 Å². The standard InChI is InChI=1S/C24H23F2N5O2S/c25-14-2-6-16(7-3-14)29-20-12-18-19(22(33)30-21(18)32)13-24(20,10-1-11-28-23(27)34)31-17-8-4-15(26)5-9-17/h2-9,12-13,18,29,31H,1,10-11H2,(H3,27,28,34)(H,30,32,33). The molecule has 2 atom stereocenters. The molecule has 2 aliphatic rings. The molecule has 34 heavy (non-hydrogen) atoms. The molecule has 6 N–H and O–H groups in total. The molecular formula is C24H23F2N5O2S. The van der Waals surface area contributed by atoms with E-state index in [1.807, 2.05) is 0 Å². The molecule has 0 spiro atoms. The van der Waals surface area contributed by atoms with E-state index in [2.05, 4.69) is 21.3 Å². The van der Waals surface area contributed by atoms with Crippen LogP contribution >= 0.6 is 12.2 Å². The van der Waals surface area contributed by atoms with Crippen LogP contribution in [0.15, 0.2) is 72.0 Å². The highest BCUT2D eigenvalue weighted by molar-refractivity contribution is 7.80. The summed E-state index contributed by atoms with van der Waals surface area (Å²) in [5.74, 6) is -2.40. The van der Waals surface area contributed by atoms with E-state index < -0.39 is 23.3 Å². The summed E-state index contributed by atoms with van der Waals surface area (Å²) in [5, 5.41) is 12.1. The van der Waals surface area contributed by atoms with Gasteiger partial charge in [0.15, 0.2) is 5.11 Å². The van der Waals surface area contributed by atoms with Crippen LogP contribution in [-0.2, 0) is 9.59 Å². The van der Waals surface area contributed by atoms with Crippen molar-refractivity contribution in [1.82, 2.24) is 10.6 Å². The maximum atomic E-state index is 13.5. The van der Waals surface area contributed by atoms with Gasteiger partial charge in [0.2, 0.25) is 5.91 Å². The van der Waals surface area contributed by atoms with Crippen molar-refractivity contribution >= 4 is 40.5 Å². The first-order chi connectivity index (χ1) is 16.3. The summed E-state index contributed by atoms with van der Waals surface area (Å²) < 4.78 is 27.0. The van der Waals surface area contributed by atoms with Crippen LogP contribution < -0.4 is 27.0 Å². The van der Waals surface area contributed by atoms with Gasteiger partial charge in [0.1, 0.15) is 11.6 Å². The van der Waals surface area contributed by atoms with E-state index >= 15 is 0 Å². The molecule has 0 radical (unpaired) electrons. The molecule has 0 saturated carbocycles. The second kappa shape index (κ2) is 9.60. The number of hydrogen-bond donors (Lipinski definition) is 5. The Hall–Kier alpha value is -3.79. The summed E-state index contributed by atoms with van der Waals surface area (Å²) in [6.07, 6.45) is 4.46. The molecule has 4 rings (SSSR count). The number of halogens is 2. The molecule has 2 aromatic rings. The molecule has 0 bridgehead atoms. The first kappa shape index (κ1) is 23.4. The van der Waals surface area contributed by atoms with Gasteiger partial charge in [-0.2, -0.15) is 0 Å². The number of carbonyl (C=O) groups is 2. The Labute approximate surface area is 200 Å². The van der Waals surface area contributed by atoms with Gasteiger partial charge in [0, 0.05) is 29.2 Å². The number of thiocarbonyl (C=S) groups is 1. The predicted molar refractivity (Wildman–Crippen MR) is 130 cm³/mol. The average Bonchev–Trinajstić information content (AvgIpc) is 3.07. The molecule has 0 aromatic heterocycles. The summed E-state index contributed by atoms with van der Waals surface area (Å²) in [6, 6.07) is 11.6. The van der Waals surface area contributed by atoms with Crippen LogP contribution in [-0.4, -0.2) is 29.0 Å². The predicted octanol–water partition coefficient (Wildman–Crippen LogP) is 2.94. The first-order valence-electron chi connectivity index (χ1n) is 10.7. The summed E-state index contributed by atoms with van der Waals surface area (Å²) in [5.41, 5.74) is 6.69. The van der Waals surface area contributed by atoms with Gasteiger partial charge in [-0.3, -0.25) is 14.9 Å². The number of imide groups is 1. The molecule has 10 heteroatoms. The largest absolute Gasteiger partial charge is 0.376 e. The summed E-state index contributed by atoms with van der Waals surface area (Å²) in [7, 11) is 0. The highest BCUT2D eigenvalue weighted by Gasteiger charge is 2.45. The van der Waals surface area contributed by atoms with Gasteiger partial charge in [-0.1, -0.05) is 0 Å². The van der Waals surface area contributed by atoms with Crippen molar-refractivity contribution in [2.24, 2.45) is 11.7 Å². The maximum Gasteiger partial charge on any atom is 0.254 e. The molecule has 1 aliphatic carbocycles. The van der Waals surface area contributed by atoms with Crippen LogP contribution in [0.3, 0.4) is 0 Å². The van der Waals surface area contributed by atoms with Gasteiger partial charge in [-0.25, -0.2) is 8.78 Å². The Bertz CT molecular complexity index is 1180. The zero-order chi connectivity index (χ0) is 24.3. The number of hydrogen-bond acceptors (Lipinski definition) is 5. The Morgan fingerprint density at radius 1 is 1.03 bits per heavy atom. The molecule has 176 valence electrons. The minimum absolute atomic E-state index is 0.170. The Balaban J connectivity index is 1.75. The van der Waals surface area contributed by atoms with E-state index in [0.29, 0.717) is 42.0 Å². The molecule has 2 aromatic carbocycles. The minimum Gasteiger partial charge on any atom is -0.376 e. The monoisotopic (exact) mass is 483 g/mol. The second-order valence-electron chi connectivity index (χ2n) is 8.11. The minimum atomic E-state index is -0.974. The Morgan fingerprint density at radius 3 is 2.26 bits per heavy atom. The van der Waals surface area contributed by atoms with Crippen molar-refractivity contribution in [2.45, 2.75) is 18.4 Å². The Morgan fingerprint density at radius 2 is 1.65 bits per heavy atom. The van der Waals surface area contributed by atoms with Crippen LogP contribution in [0.25, 0.3) is 0 Å². The third-order valence-corrected chi connectivity index (χ3v) is 5.86. The zero-order valence-electron chi connectivity index (χ0n) is 18.0. The number of amides is 2. The lowest BCUT2D eigenvalue weighted by atomic mass is 9.78. The van der Waals surface area contributed by atoms with Crippen LogP contribution in [0.2, 0.25) is 0 Å². The van der Waals surface area contributed by atoms with E-state index in [1.54, 1.807) is 36.4 Å². The van der Waals surface area contributed by atoms with Crippen molar-refractivity contribution in [2.75, 3.05) is 17.2 Å². The fraction of sp³-hybridized carbons (Fsp3) is 0.208. The SMILES string of the molecule is NC(=S)NCCCC1(Nc2ccc(F)cc2)C=C2C(=O)NC(=O)C2C=C1Nc1ccc(F)cc1. The molecule has 1 aliphatic heterocycles. The highest BCUT2D eigenvalue weighted by atomic mass is 32.1. The molecule has 1 fully saturated rings. The van der Waals surface area contributed by atoms with Crippen molar-refractivity contribution in [3.05, 3.63) is 83.6 Å². The van der Waals surface area contributed by atoms with E-state index in [1.165, 1.54) is 24.3 Å². The number of nitrogens with one attached hydrogen (secondary N) is 4. The van der Waals surface area contributed by atoms with Gasteiger partial charge >= 0.3 is 0 Å². The van der Waals surface area contributed by atoms with E-state index in [4.69, 9.17) is 18.0 Å². The number of benzene rings is 2. The lowest BCUT2D eigenvalue weighted by Gasteiger charge is -2.39. The van der Waals surface area contributed by atoms with Crippen molar-refractivity contribution in [3.63, 3.8) is 0 Å². The zero-order valence-corrected chi connectivity index (χ0v) is 18.8. The molecule has 7 nitrogen and oxygen atoms in total. The number of carbonyl (C=O) groups excluding carboxylic acids is 2. The second-order valence-corrected chi connectivity index (χ2v) is 8.55. The van der Waals surface area contributed by atoms with E-state index in [9.17, 15) is 18.4 Å². The molecule has 2 amide bonds. The van der Waals surface area contributed by atoms with Crippen molar-refractivity contribution in [3.8, 4) is 0 Å². The van der Waals surface area contributed by atoms with Crippen LogP contribution in [0, 0.1) is 17.6 Å². The van der Waals surface area contributed by atoms with Gasteiger partial charge in [-0.05, 0) is 85.7 Å².